The van der Waals surface area contributed by atoms with Gasteiger partial charge in [-0.05, 0) is 79.0 Å². The molecule has 0 aromatic heterocycles. The van der Waals surface area contributed by atoms with Crippen LogP contribution in [0.25, 0.3) is 0 Å². The number of carbonyl (C=O) groups excluding carboxylic acids is 1. The molecule has 4 rings (SSSR count). The van der Waals surface area contributed by atoms with Crippen LogP contribution in [0.3, 0.4) is 0 Å². The van der Waals surface area contributed by atoms with Crippen molar-refractivity contribution >= 4 is 5.97 Å². The molecule has 0 heterocycles. The zero-order chi connectivity index (χ0) is 17.8. The highest BCUT2D eigenvalue weighted by Gasteiger charge is 2.60. The second-order valence-corrected chi connectivity index (χ2v) is 8.50. The van der Waals surface area contributed by atoms with Crippen molar-refractivity contribution < 1.29 is 14.6 Å². The van der Waals surface area contributed by atoms with Gasteiger partial charge in [0.05, 0.1) is 11.5 Å². The monoisotopic (exact) mass is 339 g/mol. The molecule has 2 saturated carbocycles. The number of phenols is 1. The van der Waals surface area contributed by atoms with Crippen molar-refractivity contribution in [2.24, 2.45) is 17.3 Å². The Kier molecular flexibility index (Phi) is 3.61. The van der Waals surface area contributed by atoms with Crippen molar-refractivity contribution in [3.8, 4) is 11.8 Å². The number of nitriles is 1. The zero-order valence-electron chi connectivity index (χ0n) is 14.9. The summed E-state index contributed by atoms with van der Waals surface area (Å²) in [5.41, 5.74) is 1.92. The van der Waals surface area contributed by atoms with E-state index in [4.69, 9.17) is 4.74 Å². The maximum absolute atomic E-state index is 11.4. The highest BCUT2D eigenvalue weighted by atomic mass is 16.5. The summed E-state index contributed by atoms with van der Waals surface area (Å²) in [5.74, 6) is 0.783. The number of phenolic OH excluding ortho intramolecular Hbond substituents is 1. The van der Waals surface area contributed by atoms with Crippen LogP contribution in [0.5, 0.6) is 5.75 Å². The lowest BCUT2D eigenvalue weighted by atomic mass is 9.49. The molecule has 0 amide bonds. The number of ether oxygens (including phenoxy) is 1. The standard InChI is InChI=1S/C21H25NO3/c1-13(23)25-16-10-19-18-5-3-14-9-15(24)4-6-17(14)21(18,12-22)8-7-20(19,2)11-16/h4,6,9,16,18-19,24H,3,5,7-8,10-11H2,1-2H3/t16-,18+,19+,20-,21+/m1/s1. The van der Waals surface area contributed by atoms with Gasteiger partial charge in [-0.1, -0.05) is 13.0 Å². The van der Waals surface area contributed by atoms with Gasteiger partial charge in [-0.15, -0.1) is 0 Å². The number of fused-ring (bicyclic) bond motifs is 5. The predicted octanol–water partition coefficient (Wildman–Crippen LogP) is 3.86. The number of nitrogens with zero attached hydrogens (tertiary/aromatic N) is 1. The molecule has 3 aliphatic rings. The van der Waals surface area contributed by atoms with Crippen molar-refractivity contribution in [1.82, 2.24) is 0 Å². The average molecular weight is 339 g/mol. The fraction of sp³-hybridized carbons (Fsp3) is 0.619. The summed E-state index contributed by atoms with van der Waals surface area (Å²) in [7, 11) is 0. The fourth-order valence-corrected chi connectivity index (χ4v) is 6.11. The first-order valence-corrected chi connectivity index (χ1v) is 9.29. The normalized spacial score (nSPS) is 38.8. The predicted molar refractivity (Wildman–Crippen MR) is 92.8 cm³/mol. The lowest BCUT2D eigenvalue weighted by molar-refractivity contribution is -0.146. The lowest BCUT2D eigenvalue weighted by Crippen LogP contribution is -2.50. The van der Waals surface area contributed by atoms with Crippen LogP contribution < -0.4 is 0 Å². The SMILES string of the molecule is CC(=O)O[C@@H]1C[C@H]2[C@@H]3CCc4cc(O)ccc4[C@@]3(C#N)CC[C@]2(C)C1. The Labute approximate surface area is 148 Å². The van der Waals surface area contributed by atoms with Crippen molar-refractivity contribution in [1.29, 1.82) is 5.26 Å². The summed E-state index contributed by atoms with van der Waals surface area (Å²) in [5, 5.41) is 20.0. The van der Waals surface area contributed by atoms with E-state index in [0.717, 1.165) is 49.7 Å². The van der Waals surface area contributed by atoms with E-state index in [2.05, 4.69) is 13.0 Å². The number of aryl methyl sites for hydroxylation is 1. The molecule has 1 aromatic carbocycles. The van der Waals surface area contributed by atoms with Gasteiger partial charge in [-0.25, -0.2) is 0 Å². The van der Waals surface area contributed by atoms with Gasteiger partial charge >= 0.3 is 5.97 Å². The van der Waals surface area contributed by atoms with Gasteiger partial charge in [0.25, 0.3) is 0 Å². The van der Waals surface area contributed by atoms with Crippen LogP contribution in [-0.4, -0.2) is 17.2 Å². The minimum absolute atomic E-state index is 0.0109. The number of hydrogen-bond donors (Lipinski definition) is 1. The molecule has 0 bridgehead atoms. The Bertz CT molecular complexity index is 767. The summed E-state index contributed by atoms with van der Waals surface area (Å²) in [6.07, 6.45) is 5.49. The number of esters is 1. The first kappa shape index (κ1) is 16.4. The minimum Gasteiger partial charge on any atom is -0.508 e. The summed E-state index contributed by atoms with van der Waals surface area (Å²) in [6, 6.07) is 8.19. The van der Waals surface area contributed by atoms with Crippen LogP contribution in [0.15, 0.2) is 18.2 Å². The van der Waals surface area contributed by atoms with Gasteiger partial charge < -0.3 is 9.84 Å². The molecule has 0 saturated heterocycles. The summed E-state index contributed by atoms with van der Waals surface area (Å²) in [6.45, 7) is 3.79. The Morgan fingerprint density at radius 3 is 2.88 bits per heavy atom. The number of hydrogen-bond acceptors (Lipinski definition) is 4. The fourth-order valence-electron chi connectivity index (χ4n) is 6.11. The Balaban J connectivity index is 1.73. The highest BCUT2D eigenvalue weighted by Crippen LogP contribution is 2.63. The van der Waals surface area contributed by atoms with Crippen LogP contribution in [0.2, 0.25) is 0 Å². The third kappa shape index (κ3) is 2.36. The minimum atomic E-state index is -0.462. The third-order valence-electron chi connectivity index (χ3n) is 7.14. The van der Waals surface area contributed by atoms with Crippen LogP contribution >= 0.6 is 0 Å². The number of aromatic hydroxyl groups is 1. The first-order chi connectivity index (χ1) is 11.9. The summed E-state index contributed by atoms with van der Waals surface area (Å²) < 4.78 is 5.54. The largest absolute Gasteiger partial charge is 0.508 e. The molecular formula is C21H25NO3. The molecule has 3 aliphatic carbocycles. The molecule has 1 aromatic rings. The van der Waals surface area contributed by atoms with Crippen LogP contribution in [0, 0.1) is 28.6 Å². The third-order valence-corrected chi connectivity index (χ3v) is 7.14. The van der Waals surface area contributed by atoms with E-state index in [1.54, 1.807) is 6.07 Å². The van der Waals surface area contributed by atoms with Crippen molar-refractivity contribution in [2.45, 2.75) is 63.9 Å². The summed E-state index contributed by atoms with van der Waals surface area (Å²) in [4.78, 5) is 11.4. The van der Waals surface area contributed by atoms with E-state index in [1.165, 1.54) is 6.92 Å². The molecule has 0 aliphatic heterocycles. The van der Waals surface area contributed by atoms with Crippen LogP contribution in [0.1, 0.15) is 57.1 Å². The van der Waals surface area contributed by atoms with E-state index in [1.807, 2.05) is 12.1 Å². The Hall–Kier alpha value is -2.02. The van der Waals surface area contributed by atoms with E-state index in [9.17, 15) is 15.2 Å². The van der Waals surface area contributed by atoms with Crippen LogP contribution in [-0.2, 0) is 21.4 Å². The van der Waals surface area contributed by atoms with Gasteiger partial charge in [0.1, 0.15) is 11.9 Å². The molecule has 0 spiro atoms. The quantitative estimate of drug-likeness (QED) is 0.789. The molecule has 0 unspecified atom stereocenters. The van der Waals surface area contributed by atoms with E-state index in [-0.39, 0.29) is 23.2 Å². The molecule has 2 fully saturated rings. The van der Waals surface area contributed by atoms with Crippen LogP contribution in [0.4, 0.5) is 0 Å². The van der Waals surface area contributed by atoms with Gasteiger partial charge in [0, 0.05) is 6.92 Å². The Morgan fingerprint density at radius 1 is 1.36 bits per heavy atom. The van der Waals surface area contributed by atoms with E-state index in [0.29, 0.717) is 11.8 Å². The molecule has 0 radical (unpaired) electrons. The molecule has 25 heavy (non-hydrogen) atoms. The van der Waals surface area contributed by atoms with Gasteiger partial charge in [0.2, 0.25) is 0 Å². The number of carbonyl (C=O) groups is 1. The molecule has 132 valence electrons. The van der Waals surface area contributed by atoms with Gasteiger partial charge in [-0.2, -0.15) is 5.26 Å². The van der Waals surface area contributed by atoms with E-state index < -0.39 is 5.41 Å². The van der Waals surface area contributed by atoms with Gasteiger partial charge in [0.15, 0.2) is 0 Å². The van der Waals surface area contributed by atoms with Gasteiger partial charge in [-0.3, -0.25) is 4.79 Å². The summed E-state index contributed by atoms with van der Waals surface area (Å²) >= 11 is 0. The van der Waals surface area contributed by atoms with Crippen molar-refractivity contribution in [3.05, 3.63) is 29.3 Å². The van der Waals surface area contributed by atoms with E-state index >= 15 is 0 Å². The first-order valence-electron chi connectivity index (χ1n) is 9.29. The maximum Gasteiger partial charge on any atom is 0.302 e. The molecule has 4 heteroatoms. The average Bonchev–Trinajstić information content (AvgIpc) is 2.89. The smallest absolute Gasteiger partial charge is 0.302 e. The second kappa shape index (κ2) is 5.49. The van der Waals surface area contributed by atoms with Crippen molar-refractivity contribution in [2.75, 3.05) is 0 Å². The van der Waals surface area contributed by atoms with Crippen molar-refractivity contribution in [3.63, 3.8) is 0 Å². The molecule has 4 nitrogen and oxygen atoms in total. The number of rotatable bonds is 1. The second-order valence-electron chi connectivity index (χ2n) is 8.50. The number of benzene rings is 1. The maximum atomic E-state index is 11.4. The topological polar surface area (TPSA) is 70.3 Å². The molecule has 1 N–H and O–H groups in total. The Morgan fingerprint density at radius 2 is 2.16 bits per heavy atom. The zero-order valence-corrected chi connectivity index (χ0v) is 14.9. The lowest BCUT2D eigenvalue weighted by Gasteiger charge is -2.53. The highest BCUT2D eigenvalue weighted by molar-refractivity contribution is 5.66. The molecular weight excluding hydrogens is 314 g/mol. The molecule has 5 atom stereocenters.